The Morgan fingerprint density at radius 2 is 2.12 bits per heavy atom. The largest absolute Gasteiger partial charge is 0.388 e. The highest BCUT2D eigenvalue weighted by atomic mass is 127. The van der Waals surface area contributed by atoms with E-state index in [9.17, 15) is 9.90 Å². The number of nitrogens with one attached hydrogen (secondary N) is 1. The van der Waals surface area contributed by atoms with Crippen molar-refractivity contribution < 1.29 is 9.90 Å². The molecule has 0 radical (unpaired) electrons. The third kappa shape index (κ3) is 1.96. The van der Waals surface area contributed by atoms with Crippen LogP contribution in [0.5, 0.6) is 0 Å². The van der Waals surface area contributed by atoms with Crippen molar-refractivity contribution in [3.63, 3.8) is 0 Å². The van der Waals surface area contributed by atoms with Crippen molar-refractivity contribution in [2.75, 3.05) is 0 Å². The smallest absolute Gasteiger partial charge is 0.252 e. The van der Waals surface area contributed by atoms with Crippen LogP contribution in [0.2, 0.25) is 0 Å². The monoisotopic (exact) mass is 331 g/mol. The minimum atomic E-state index is -0.463. The van der Waals surface area contributed by atoms with Crippen LogP contribution in [-0.2, 0) is 6.54 Å². The first-order chi connectivity index (χ1) is 7.50. The highest BCUT2D eigenvalue weighted by Gasteiger charge is 2.24. The molecule has 0 saturated heterocycles. The van der Waals surface area contributed by atoms with Crippen molar-refractivity contribution in [1.29, 1.82) is 0 Å². The molecule has 16 heavy (non-hydrogen) atoms. The maximum Gasteiger partial charge on any atom is 0.252 e. The first kappa shape index (κ1) is 11.9. The molecule has 1 unspecified atom stereocenters. The Labute approximate surface area is 108 Å². The Hall–Kier alpha value is -0.620. The first-order valence-electron chi connectivity index (χ1n) is 5.29. The second-order valence-corrected chi connectivity index (χ2v) is 5.57. The maximum atomic E-state index is 11.5. The van der Waals surface area contributed by atoms with E-state index in [0.717, 1.165) is 20.3 Å². The normalized spacial score (nSPS) is 16.2. The Bertz CT molecular complexity index is 443. The molecule has 1 aromatic rings. The molecule has 1 amide bonds. The molecular weight excluding hydrogens is 317 g/mol. The van der Waals surface area contributed by atoms with Crippen molar-refractivity contribution in [2.45, 2.75) is 26.5 Å². The summed E-state index contributed by atoms with van der Waals surface area (Å²) in [5, 5.41) is 12.8. The van der Waals surface area contributed by atoms with Crippen molar-refractivity contribution in [2.24, 2.45) is 5.92 Å². The molecule has 1 aliphatic rings. The van der Waals surface area contributed by atoms with Crippen LogP contribution in [0, 0.1) is 9.49 Å². The van der Waals surface area contributed by atoms with E-state index < -0.39 is 6.10 Å². The molecule has 1 aromatic carbocycles. The van der Waals surface area contributed by atoms with Gasteiger partial charge in [-0.25, -0.2) is 0 Å². The molecule has 0 aliphatic carbocycles. The molecule has 1 aliphatic heterocycles. The summed E-state index contributed by atoms with van der Waals surface area (Å²) in [5.74, 6) is 0.170. The van der Waals surface area contributed by atoms with Gasteiger partial charge in [-0.1, -0.05) is 19.9 Å². The fourth-order valence-electron chi connectivity index (χ4n) is 1.90. The minimum absolute atomic E-state index is 0.00927. The van der Waals surface area contributed by atoms with Crippen molar-refractivity contribution in [1.82, 2.24) is 5.32 Å². The quantitative estimate of drug-likeness (QED) is 0.817. The lowest BCUT2D eigenvalue weighted by Gasteiger charge is -2.16. The average Bonchev–Trinajstić information content (AvgIpc) is 2.59. The van der Waals surface area contributed by atoms with Crippen LogP contribution in [-0.4, -0.2) is 11.0 Å². The molecule has 0 bridgehead atoms. The minimum Gasteiger partial charge on any atom is -0.388 e. The van der Waals surface area contributed by atoms with Crippen molar-refractivity contribution in [3.05, 3.63) is 32.4 Å². The molecule has 2 N–H and O–H groups in total. The summed E-state index contributed by atoms with van der Waals surface area (Å²) in [5.41, 5.74) is 2.65. The van der Waals surface area contributed by atoms with Gasteiger partial charge in [0.15, 0.2) is 0 Å². The van der Waals surface area contributed by atoms with Crippen molar-refractivity contribution >= 4 is 28.5 Å². The molecule has 4 heteroatoms. The molecule has 1 atom stereocenters. The number of rotatable bonds is 2. The predicted molar refractivity (Wildman–Crippen MR) is 70.1 cm³/mol. The van der Waals surface area contributed by atoms with Crippen LogP contribution in [0.3, 0.4) is 0 Å². The van der Waals surface area contributed by atoms with Gasteiger partial charge in [0.05, 0.1) is 11.7 Å². The van der Waals surface area contributed by atoms with Gasteiger partial charge < -0.3 is 10.4 Å². The summed E-state index contributed by atoms with van der Waals surface area (Å²) < 4.78 is 0.916. The lowest BCUT2D eigenvalue weighted by Crippen LogP contribution is -2.13. The van der Waals surface area contributed by atoms with Gasteiger partial charge in [0, 0.05) is 10.1 Å². The summed E-state index contributed by atoms with van der Waals surface area (Å²) >= 11 is 2.15. The number of fused-ring (bicyclic) bond motifs is 1. The van der Waals surface area contributed by atoms with E-state index in [1.165, 1.54) is 0 Å². The molecule has 86 valence electrons. The zero-order valence-electron chi connectivity index (χ0n) is 9.25. The Morgan fingerprint density at radius 1 is 1.44 bits per heavy atom. The van der Waals surface area contributed by atoms with Gasteiger partial charge in [-0.3, -0.25) is 4.79 Å². The predicted octanol–water partition coefficient (Wildman–Crippen LogP) is 2.22. The maximum absolute atomic E-state index is 11.5. The Kier molecular flexibility index (Phi) is 3.21. The fourth-order valence-corrected chi connectivity index (χ4v) is 2.85. The van der Waals surface area contributed by atoms with E-state index in [2.05, 4.69) is 27.9 Å². The van der Waals surface area contributed by atoms with Gasteiger partial charge in [0.2, 0.25) is 0 Å². The second kappa shape index (κ2) is 4.33. The molecular formula is C12H14INO2. The van der Waals surface area contributed by atoms with Crippen LogP contribution in [0.25, 0.3) is 0 Å². The fraction of sp³-hybridized carbons (Fsp3) is 0.417. The van der Waals surface area contributed by atoms with Crippen LogP contribution in [0.4, 0.5) is 0 Å². The van der Waals surface area contributed by atoms with Gasteiger partial charge in [0.1, 0.15) is 0 Å². The van der Waals surface area contributed by atoms with E-state index in [4.69, 9.17) is 0 Å². The van der Waals surface area contributed by atoms with E-state index in [1.807, 2.05) is 26.0 Å². The van der Waals surface area contributed by atoms with E-state index in [1.54, 1.807) is 0 Å². The Morgan fingerprint density at radius 3 is 2.75 bits per heavy atom. The number of benzene rings is 1. The number of hydrogen-bond donors (Lipinski definition) is 2. The third-order valence-corrected chi connectivity index (χ3v) is 3.68. The number of halogens is 1. The lowest BCUT2D eigenvalue weighted by atomic mass is 9.96. The number of hydrogen-bond acceptors (Lipinski definition) is 2. The number of aliphatic hydroxyl groups excluding tert-OH is 1. The SMILES string of the molecule is CC(C)C(O)c1cc(I)c2c(c1)CNC2=O. The molecule has 2 rings (SSSR count). The van der Waals surface area contributed by atoms with Gasteiger partial charge in [-0.15, -0.1) is 0 Å². The summed E-state index contributed by atoms with van der Waals surface area (Å²) in [7, 11) is 0. The van der Waals surface area contributed by atoms with Crippen LogP contribution in [0.1, 0.15) is 41.4 Å². The molecule has 0 saturated carbocycles. The number of aliphatic hydroxyl groups is 1. The zero-order valence-corrected chi connectivity index (χ0v) is 11.4. The molecule has 3 nitrogen and oxygen atoms in total. The summed E-state index contributed by atoms with van der Waals surface area (Å²) in [4.78, 5) is 11.5. The topological polar surface area (TPSA) is 49.3 Å². The third-order valence-electron chi connectivity index (χ3n) is 2.83. The summed E-state index contributed by atoms with van der Waals surface area (Å²) in [6.07, 6.45) is -0.463. The van der Waals surface area contributed by atoms with Crippen molar-refractivity contribution in [3.8, 4) is 0 Å². The van der Waals surface area contributed by atoms with E-state index in [0.29, 0.717) is 6.54 Å². The lowest BCUT2D eigenvalue weighted by molar-refractivity contribution is 0.0964. The summed E-state index contributed by atoms with van der Waals surface area (Å²) in [6.45, 7) is 4.53. The van der Waals surface area contributed by atoms with Gasteiger partial charge in [-0.05, 0) is 45.7 Å². The van der Waals surface area contributed by atoms with Gasteiger partial charge >= 0.3 is 0 Å². The van der Waals surface area contributed by atoms with Crippen LogP contribution < -0.4 is 5.32 Å². The molecule has 0 aromatic heterocycles. The number of carbonyl (C=O) groups excluding carboxylic acids is 1. The number of amides is 1. The van der Waals surface area contributed by atoms with E-state index >= 15 is 0 Å². The van der Waals surface area contributed by atoms with Crippen LogP contribution in [0.15, 0.2) is 12.1 Å². The second-order valence-electron chi connectivity index (χ2n) is 4.41. The first-order valence-corrected chi connectivity index (χ1v) is 6.37. The van der Waals surface area contributed by atoms with Crippen LogP contribution >= 0.6 is 22.6 Å². The zero-order chi connectivity index (χ0) is 11.9. The highest BCUT2D eigenvalue weighted by Crippen LogP contribution is 2.29. The van der Waals surface area contributed by atoms with Gasteiger partial charge in [-0.2, -0.15) is 0 Å². The molecule has 0 fully saturated rings. The number of carbonyl (C=O) groups is 1. The molecule has 0 spiro atoms. The standard InChI is InChI=1S/C12H14INO2/c1-6(2)11(15)7-3-8-5-14-12(16)10(8)9(13)4-7/h3-4,6,11,15H,5H2,1-2H3,(H,14,16). The van der Waals surface area contributed by atoms with E-state index in [-0.39, 0.29) is 11.8 Å². The highest BCUT2D eigenvalue weighted by molar-refractivity contribution is 14.1. The average molecular weight is 331 g/mol. The Balaban J connectivity index is 2.46. The summed E-state index contributed by atoms with van der Waals surface area (Å²) in [6, 6.07) is 3.83. The molecule has 1 heterocycles. The van der Waals surface area contributed by atoms with Gasteiger partial charge in [0.25, 0.3) is 5.91 Å².